The Hall–Kier alpha value is -8.66. The van der Waals surface area contributed by atoms with Crippen molar-refractivity contribution < 1.29 is 28.5 Å². The van der Waals surface area contributed by atoms with Gasteiger partial charge in [0.05, 0.1) is 0 Å². The number of hydrogen-bond donors (Lipinski definition) is 0. The number of carbonyl (C=O) groups is 2. The standard InChI is InChI=1S/2C37H36N2O3S2/c2*1-38(23-21-33(35-19-9-25-43-35)41-31-17-7-13-27-11-3-5-15-29(27)31)37(40)39(2)24-22-34(36-20-10-26-44-36)42-32-18-8-14-28-12-4-6-16-30(28)32/h2*3-20,25-26,33-34H,21-24H2,1-2H3/t33-,34+;. The second-order valence-corrected chi connectivity index (χ2v) is 25.7. The topological polar surface area (TPSA) is 84.0 Å². The van der Waals surface area contributed by atoms with Crippen molar-refractivity contribution >= 4 is 100 Å². The maximum absolute atomic E-state index is 13.5. The first-order valence-electron chi connectivity index (χ1n) is 29.8. The first-order chi connectivity index (χ1) is 43.1. The van der Waals surface area contributed by atoms with E-state index in [4.69, 9.17) is 18.9 Å². The molecule has 2 unspecified atom stereocenters. The molecule has 12 aromatic rings. The van der Waals surface area contributed by atoms with E-state index in [-0.39, 0.29) is 36.5 Å². The van der Waals surface area contributed by atoms with E-state index in [2.05, 4.69) is 119 Å². The van der Waals surface area contributed by atoms with Crippen molar-refractivity contribution in [2.24, 2.45) is 0 Å². The molecule has 88 heavy (non-hydrogen) atoms. The molecule has 4 atom stereocenters. The Morgan fingerprint density at radius 2 is 0.511 bits per heavy atom. The number of thiophene rings is 4. The summed E-state index contributed by atoms with van der Waals surface area (Å²) in [6, 6.07) is 74.2. The van der Waals surface area contributed by atoms with Crippen molar-refractivity contribution in [3.8, 4) is 23.0 Å². The molecule has 0 aliphatic carbocycles. The van der Waals surface area contributed by atoms with E-state index in [0.717, 1.165) is 85.6 Å². The second kappa shape index (κ2) is 29.8. The Morgan fingerprint density at radius 3 is 0.727 bits per heavy atom. The van der Waals surface area contributed by atoms with Crippen LogP contribution in [-0.2, 0) is 0 Å². The molecule has 0 spiro atoms. The van der Waals surface area contributed by atoms with Crippen molar-refractivity contribution in [2.45, 2.75) is 50.1 Å². The lowest BCUT2D eigenvalue weighted by Crippen LogP contribution is -2.40. The quantitative estimate of drug-likeness (QED) is 0.0599. The zero-order chi connectivity index (χ0) is 60.6. The van der Waals surface area contributed by atoms with E-state index in [9.17, 15) is 9.59 Å². The number of carbonyl (C=O) groups excluding carboxylic acids is 2. The van der Waals surface area contributed by atoms with Gasteiger partial charge in [-0.3, -0.25) is 0 Å². The summed E-state index contributed by atoms with van der Waals surface area (Å²) in [5.41, 5.74) is 0. The average Bonchev–Trinajstić information content (AvgIpc) is 4.41. The van der Waals surface area contributed by atoms with Crippen LogP contribution in [0, 0.1) is 0 Å². The van der Waals surface area contributed by atoms with Crippen LogP contribution >= 0.6 is 45.3 Å². The molecule has 4 heterocycles. The van der Waals surface area contributed by atoms with Crippen LogP contribution in [0.1, 0.15) is 69.6 Å². The molecule has 8 aromatic carbocycles. The Morgan fingerprint density at radius 1 is 0.295 bits per heavy atom. The fourth-order valence-electron chi connectivity index (χ4n) is 11.0. The van der Waals surface area contributed by atoms with E-state index < -0.39 is 0 Å². The smallest absolute Gasteiger partial charge is 0.319 e. The molecule has 0 bridgehead atoms. The minimum absolute atomic E-state index is 0.0184. The van der Waals surface area contributed by atoms with E-state index in [1.54, 1.807) is 64.9 Å². The van der Waals surface area contributed by atoms with E-state index in [1.165, 1.54) is 0 Å². The van der Waals surface area contributed by atoms with Crippen molar-refractivity contribution in [3.05, 3.63) is 259 Å². The van der Waals surface area contributed by atoms with Crippen LogP contribution in [0.3, 0.4) is 0 Å². The molecule has 0 aliphatic rings. The minimum Gasteiger partial charge on any atom is -0.484 e. The monoisotopic (exact) mass is 1240 g/mol. The van der Waals surface area contributed by atoms with Gasteiger partial charge in [0.25, 0.3) is 0 Å². The molecule has 0 saturated carbocycles. The SMILES string of the molecule is CN(CCC(Oc1cccc2ccccc12)c1cccs1)C(=O)N(C)CCC(Oc1cccc2ccccc12)c1cccs1.CN(CC[C@H](Oc1cccc2ccccc12)c1cccs1)C(=O)N(C)CC[C@@H](Oc1cccc2ccccc12)c1cccs1. The minimum atomic E-state index is -0.154. The van der Waals surface area contributed by atoms with Crippen LogP contribution in [0.2, 0.25) is 0 Å². The molecule has 4 aromatic heterocycles. The molecule has 4 amide bonds. The number of urea groups is 2. The maximum atomic E-state index is 13.5. The molecular formula is C74H72N4O6S4. The largest absolute Gasteiger partial charge is 0.484 e. The van der Waals surface area contributed by atoms with Gasteiger partial charge in [-0.05, 0) is 91.6 Å². The molecule has 14 heteroatoms. The summed E-state index contributed by atoms with van der Waals surface area (Å²) in [5, 5.41) is 17.2. The number of rotatable bonds is 24. The third-order valence-electron chi connectivity index (χ3n) is 15.7. The first-order valence-corrected chi connectivity index (χ1v) is 33.3. The van der Waals surface area contributed by atoms with Crippen LogP contribution in [0.25, 0.3) is 43.1 Å². The molecular weight excluding hydrogens is 1170 g/mol. The van der Waals surface area contributed by atoms with Crippen molar-refractivity contribution in [1.29, 1.82) is 0 Å². The predicted octanol–water partition coefficient (Wildman–Crippen LogP) is 19.6. The maximum Gasteiger partial charge on any atom is 0.319 e. The molecule has 0 saturated heterocycles. The zero-order valence-corrected chi connectivity index (χ0v) is 53.2. The van der Waals surface area contributed by atoms with Crippen molar-refractivity contribution in [3.63, 3.8) is 0 Å². The molecule has 0 fully saturated rings. The van der Waals surface area contributed by atoms with Crippen molar-refractivity contribution in [1.82, 2.24) is 19.6 Å². The molecule has 448 valence electrons. The lowest BCUT2D eigenvalue weighted by molar-refractivity contribution is 0.143. The summed E-state index contributed by atoms with van der Waals surface area (Å²) >= 11 is 6.73. The van der Waals surface area contributed by atoms with Gasteiger partial charge in [0.2, 0.25) is 0 Å². The fraction of sp³-hybridized carbons (Fsp3) is 0.216. The fourth-order valence-corrected chi connectivity index (χ4v) is 14.1. The number of nitrogens with zero attached hydrogens (tertiary/aromatic N) is 4. The predicted molar refractivity (Wildman–Crippen MR) is 366 cm³/mol. The molecule has 0 radical (unpaired) electrons. The van der Waals surface area contributed by atoms with Crippen LogP contribution in [0.15, 0.2) is 240 Å². The highest BCUT2D eigenvalue weighted by molar-refractivity contribution is 7.10. The highest BCUT2D eigenvalue weighted by Crippen LogP contribution is 2.38. The Balaban J connectivity index is 0.000000182. The van der Waals surface area contributed by atoms with Gasteiger partial charge >= 0.3 is 12.1 Å². The van der Waals surface area contributed by atoms with E-state index >= 15 is 0 Å². The summed E-state index contributed by atoms with van der Waals surface area (Å²) in [6.45, 7) is 2.27. The van der Waals surface area contributed by atoms with Crippen LogP contribution in [0.4, 0.5) is 9.59 Å². The molecule has 12 rings (SSSR count). The van der Waals surface area contributed by atoms with Gasteiger partial charge in [-0.25, -0.2) is 9.59 Å². The number of hydrogen-bond acceptors (Lipinski definition) is 10. The van der Waals surface area contributed by atoms with Gasteiger partial charge in [-0.2, -0.15) is 0 Å². The molecule has 0 aliphatic heterocycles. The summed E-state index contributed by atoms with van der Waals surface area (Å²) in [7, 11) is 7.47. The van der Waals surface area contributed by atoms with Crippen LogP contribution < -0.4 is 18.9 Å². The van der Waals surface area contributed by atoms with Crippen LogP contribution in [0.5, 0.6) is 23.0 Å². The molecule has 10 nitrogen and oxygen atoms in total. The Kier molecular flexibility index (Phi) is 20.7. The van der Waals surface area contributed by atoms with Gasteiger partial charge < -0.3 is 38.5 Å². The highest BCUT2D eigenvalue weighted by atomic mass is 32.1. The average molecular weight is 1240 g/mol. The lowest BCUT2D eigenvalue weighted by atomic mass is 10.1. The number of benzene rings is 8. The van der Waals surface area contributed by atoms with Crippen molar-refractivity contribution in [2.75, 3.05) is 54.4 Å². The Labute approximate surface area is 532 Å². The first kappa shape index (κ1) is 61.0. The Bertz CT molecular complexity index is 3590. The third kappa shape index (κ3) is 15.4. The third-order valence-corrected chi connectivity index (χ3v) is 19.6. The lowest BCUT2D eigenvalue weighted by Gasteiger charge is -2.28. The number of ether oxygens (including phenoxy) is 4. The van der Waals surface area contributed by atoms with Gasteiger partial charge in [0.15, 0.2) is 0 Å². The summed E-state index contributed by atoms with van der Waals surface area (Å²) in [5.74, 6) is 3.44. The summed E-state index contributed by atoms with van der Waals surface area (Å²) in [6.07, 6.45) is 2.11. The number of amides is 4. The second-order valence-electron chi connectivity index (χ2n) is 21.8. The van der Waals surface area contributed by atoms with Gasteiger partial charge in [-0.1, -0.05) is 170 Å². The van der Waals surface area contributed by atoms with Gasteiger partial charge in [-0.15, -0.1) is 45.3 Å². The van der Waals surface area contributed by atoms with Gasteiger partial charge in [0.1, 0.15) is 47.4 Å². The van der Waals surface area contributed by atoms with E-state index in [0.29, 0.717) is 51.9 Å². The molecule has 0 N–H and O–H groups in total. The normalized spacial score (nSPS) is 12.6. The highest BCUT2D eigenvalue weighted by Gasteiger charge is 2.25. The van der Waals surface area contributed by atoms with E-state index in [1.807, 2.05) is 150 Å². The summed E-state index contributed by atoms with van der Waals surface area (Å²) in [4.78, 5) is 38.7. The number of fused-ring (bicyclic) bond motifs is 4. The van der Waals surface area contributed by atoms with Gasteiger partial charge in [0, 0.05) is 121 Å². The van der Waals surface area contributed by atoms with Crippen LogP contribution in [-0.4, -0.2) is 86.0 Å². The summed E-state index contributed by atoms with van der Waals surface area (Å²) < 4.78 is 26.5. The zero-order valence-electron chi connectivity index (χ0n) is 49.9.